The van der Waals surface area contributed by atoms with Gasteiger partial charge < -0.3 is 14.2 Å². The maximum absolute atomic E-state index is 12.3. The molecule has 5 heteroatoms. The molecule has 2 aromatic carbocycles. The Morgan fingerprint density at radius 1 is 1.21 bits per heavy atom. The van der Waals surface area contributed by atoms with Crippen LogP contribution < -0.4 is 4.74 Å². The fourth-order valence-electron chi connectivity index (χ4n) is 4.04. The lowest BCUT2D eigenvalue weighted by Gasteiger charge is -2.16. The molecular weight excluding hydrogens is 362 g/mol. The van der Waals surface area contributed by atoms with Crippen LogP contribution in [0, 0.1) is 6.92 Å². The van der Waals surface area contributed by atoms with Crippen molar-refractivity contribution in [2.75, 3.05) is 19.7 Å². The van der Waals surface area contributed by atoms with E-state index in [1.807, 2.05) is 41.3 Å². The van der Waals surface area contributed by atoms with Gasteiger partial charge in [-0.05, 0) is 37.1 Å². The van der Waals surface area contributed by atoms with E-state index in [-0.39, 0.29) is 11.8 Å². The van der Waals surface area contributed by atoms with Gasteiger partial charge in [0.25, 0.3) is 0 Å². The molecule has 0 saturated carbocycles. The van der Waals surface area contributed by atoms with Crippen molar-refractivity contribution >= 4 is 16.9 Å². The van der Waals surface area contributed by atoms with Gasteiger partial charge in [0.1, 0.15) is 11.6 Å². The van der Waals surface area contributed by atoms with Gasteiger partial charge in [0, 0.05) is 32.0 Å². The molecule has 3 aromatic rings. The van der Waals surface area contributed by atoms with Crippen LogP contribution in [0.4, 0.5) is 0 Å². The van der Waals surface area contributed by atoms with Gasteiger partial charge in [-0.3, -0.25) is 4.79 Å². The third kappa shape index (κ3) is 4.04. The lowest BCUT2D eigenvalue weighted by atomic mass is 10.1. The zero-order valence-corrected chi connectivity index (χ0v) is 16.9. The summed E-state index contributed by atoms with van der Waals surface area (Å²) in [5.74, 6) is 2.23. The number of imidazole rings is 1. The first-order chi connectivity index (χ1) is 14.2. The molecule has 0 N–H and O–H groups in total. The van der Waals surface area contributed by atoms with Crippen molar-refractivity contribution in [2.45, 2.75) is 32.2 Å². The maximum Gasteiger partial charge on any atom is 0.223 e. The largest absolute Gasteiger partial charge is 0.493 e. The molecule has 1 aliphatic rings. The van der Waals surface area contributed by atoms with E-state index in [0.717, 1.165) is 41.1 Å². The first-order valence-corrected chi connectivity index (χ1v) is 10.2. The predicted octanol–water partition coefficient (Wildman–Crippen LogP) is 4.32. The quantitative estimate of drug-likeness (QED) is 0.426. The number of hydrogen-bond acceptors (Lipinski definition) is 3. The highest BCUT2D eigenvalue weighted by Crippen LogP contribution is 2.30. The molecule has 2 heterocycles. The Kier molecular flexibility index (Phi) is 5.65. The van der Waals surface area contributed by atoms with Crippen LogP contribution in [0.2, 0.25) is 0 Å². The van der Waals surface area contributed by atoms with E-state index in [4.69, 9.17) is 9.72 Å². The van der Waals surface area contributed by atoms with E-state index in [1.54, 1.807) is 6.08 Å². The molecule has 1 atom stereocenters. The number of ether oxygens (including phenoxy) is 1. The second kappa shape index (κ2) is 8.52. The number of para-hydroxylation sites is 3. The molecule has 4 rings (SSSR count). The highest BCUT2D eigenvalue weighted by molar-refractivity contribution is 5.81. The number of carbonyl (C=O) groups is 1. The molecule has 0 bridgehead atoms. The molecule has 0 spiro atoms. The lowest BCUT2D eigenvalue weighted by Crippen LogP contribution is -2.25. The highest BCUT2D eigenvalue weighted by atomic mass is 16.5. The lowest BCUT2D eigenvalue weighted by molar-refractivity contribution is -0.127. The molecule has 1 amide bonds. The number of benzene rings is 2. The molecule has 1 unspecified atom stereocenters. The summed E-state index contributed by atoms with van der Waals surface area (Å²) in [5.41, 5.74) is 3.25. The molecule has 150 valence electrons. The molecule has 1 saturated heterocycles. The van der Waals surface area contributed by atoms with Crippen LogP contribution in [0.3, 0.4) is 0 Å². The number of fused-ring (bicyclic) bond motifs is 1. The van der Waals surface area contributed by atoms with Gasteiger partial charge in [-0.2, -0.15) is 0 Å². The summed E-state index contributed by atoms with van der Waals surface area (Å²) < 4.78 is 8.24. The smallest absolute Gasteiger partial charge is 0.223 e. The van der Waals surface area contributed by atoms with Gasteiger partial charge >= 0.3 is 0 Å². The number of aryl methyl sites for hydroxylation is 2. The molecule has 1 fully saturated rings. The molecule has 29 heavy (non-hydrogen) atoms. The Morgan fingerprint density at radius 2 is 2.00 bits per heavy atom. The molecule has 1 aliphatic heterocycles. The van der Waals surface area contributed by atoms with Gasteiger partial charge in [-0.25, -0.2) is 4.98 Å². The number of nitrogens with zero attached hydrogens (tertiary/aromatic N) is 3. The fourth-order valence-corrected chi connectivity index (χ4v) is 4.04. The minimum Gasteiger partial charge on any atom is -0.493 e. The maximum atomic E-state index is 12.3. The molecule has 5 nitrogen and oxygen atoms in total. The van der Waals surface area contributed by atoms with Gasteiger partial charge in [-0.1, -0.05) is 36.4 Å². The monoisotopic (exact) mass is 389 g/mol. The third-order valence-corrected chi connectivity index (χ3v) is 5.49. The van der Waals surface area contributed by atoms with E-state index < -0.39 is 0 Å². The zero-order chi connectivity index (χ0) is 20.2. The van der Waals surface area contributed by atoms with Crippen molar-refractivity contribution < 1.29 is 9.53 Å². The fraction of sp³-hybridized carbons (Fsp3) is 0.333. The van der Waals surface area contributed by atoms with Crippen LogP contribution in [0.5, 0.6) is 5.75 Å². The highest BCUT2D eigenvalue weighted by Gasteiger charge is 2.33. The van der Waals surface area contributed by atoms with E-state index in [2.05, 4.69) is 30.2 Å². The first kappa shape index (κ1) is 19.2. The average Bonchev–Trinajstić information content (AvgIpc) is 3.27. The van der Waals surface area contributed by atoms with Crippen LogP contribution in [-0.2, 0) is 11.3 Å². The van der Waals surface area contributed by atoms with Crippen LogP contribution in [0.25, 0.3) is 11.0 Å². The average molecular weight is 389 g/mol. The standard InChI is InChI=1S/C24H27N3O2/c1-3-13-26-17-19(16-23(26)28)24-25-20-10-5-6-11-21(20)27(24)14-8-15-29-22-12-7-4-9-18(22)2/h3-7,9-12,19H,1,8,13-17H2,2H3. The van der Waals surface area contributed by atoms with Crippen molar-refractivity contribution in [3.63, 3.8) is 0 Å². The summed E-state index contributed by atoms with van der Waals surface area (Å²) in [6.45, 7) is 8.57. The molecule has 0 aliphatic carbocycles. The molecule has 1 aromatic heterocycles. The van der Waals surface area contributed by atoms with Crippen molar-refractivity contribution in [3.05, 3.63) is 72.6 Å². The number of rotatable bonds is 8. The van der Waals surface area contributed by atoms with Crippen molar-refractivity contribution in [1.82, 2.24) is 14.5 Å². The van der Waals surface area contributed by atoms with Gasteiger partial charge in [0.2, 0.25) is 5.91 Å². The predicted molar refractivity (Wildman–Crippen MR) is 115 cm³/mol. The SMILES string of the molecule is C=CCN1CC(c2nc3ccccc3n2CCCOc2ccccc2C)CC1=O. The number of amides is 1. The molecule has 0 radical (unpaired) electrons. The summed E-state index contributed by atoms with van der Waals surface area (Å²) in [6.07, 6.45) is 3.17. The second-order valence-corrected chi connectivity index (χ2v) is 7.57. The molecular formula is C24H27N3O2. The Hall–Kier alpha value is -3.08. The third-order valence-electron chi connectivity index (χ3n) is 5.49. The normalized spacial score (nSPS) is 16.5. The van der Waals surface area contributed by atoms with E-state index in [9.17, 15) is 4.79 Å². The van der Waals surface area contributed by atoms with E-state index >= 15 is 0 Å². The van der Waals surface area contributed by atoms with Crippen molar-refractivity contribution in [2.24, 2.45) is 0 Å². The summed E-state index contributed by atoms with van der Waals surface area (Å²) in [4.78, 5) is 19.1. The number of hydrogen-bond donors (Lipinski definition) is 0. The van der Waals surface area contributed by atoms with Gasteiger partial charge in [0.15, 0.2) is 0 Å². The Morgan fingerprint density at radius 3 is 2.83 bits per heavy atom. The zero-order valence-electron chi connectivity index (χ0n) is 16.9. The minimum absolute atomic E-state index is 0.118. The number of aromatic nitrogens is 2. The number of carbonyl (C=O) groups excluding carboxylic acids is 1. The van der Waals surface area contributed by atoms with E-state index in [0.29, 0.717) is 26.1 Å². The Balaban J connectivity index is 1.50. The summed E-state index contributed by atoms with van der Waals surface area (Å²) in [7, 11) is 0. The van der Waals surface area contributed by atoms with E-state index in [1.165, 1.54) is 0 Å². The first-order valence-electron chi connectivity index (χ1n) is 10.2. The van der Waals surface area contributed by atoms with Crippen LogP contribution in [0.1, 0.15) is 30.1 Å². The van der Waals surface area contributed by atoms with Crippen molar-refractivity contribution in [3.8, 4) is 5.75 Å². The minimum atomic E-state index is 0.118. The van der Waals surface area contributed by atoms with Gasteiger partial charge in [-0.15, -0.1) is 6.58 Å². The second-order valence-electron chi connectivity index (χ2n) is 7.57. The van der Waals surface area contributed by atoms with Crippen LogP contribution in [0.15, 0.2) is 61.2 Å². The summed E-state index contributed by atoms with van der Waals surface area (Å²) in [6, 6.07) is 16.3. The summed E-state index contributed by atoms with van der Waals surface area (Å²) in [5, 5.41) is 0. The number of likely N-dealkylation sites (tertiary alicyclic amines) is 1. The van der Waals surface area contributed by atoms with Crippen LogP contribution in [-0.4, -0.2) is 40.1 Å². The Bertz CT molecular complexity index is 1020. The Labute approximate surface area is 171 Å². The van der Waals surface area contributed by atoms with Crippen molar-refractivity contribution in [1.29, 1.82) is 0 Å². The topological polar surface area (TPSA) is 47.4 Å². The summed E-state index contributed by atoms with van der Waals surface area (Å²) >= 11 is 0. The van der Waals surface area contributed by atoms with Crippen LogP contribution >= 0.6 is 0 Å². The van der Waals surface area contributed by atoms with Gasteiger partial charge in [0.05, 0.1) is 17.6 Å².